The Hall–Kier alpha value is -1.81. The highest BCUT2D eigenvalue weighted by Gasteiger charge is 2.29. The van der Waals surface area contributed by atoms with Gasteiger partial charge in [0.05, 0.1) is 6.04 Å². The van der Waals surface area contributed by atoms with Crippen LogP contribution in [0.2, 0.25) is 0 Å². The molecule has 1 unspecified atom stereocenters. The van der Waals surface area contributed by atoms with Gasteiger partial charge in [-0.2, -0.15) is 0 Å². The number of primary amides is 1. The van der Waals surface area contributed by atoms with Crippen molar-refractivity contribution in [2.75, 3.05) is 6.54 Å². The van der Waals surface area contributed by atoms with Crippen molar-refractivity contribution in [3.05, 3.63) is 36.0 Å². The van der Waals surface area contributed by atoms with Gasteiger partial charge in [-0.15, -0.1) is 0 Å². The van der Waals surface area contributed by atoms with E-state index in [2.05, 4.69) is 22.0 Å². The van der Waals surface area contributed by atoms with Gasteiger partial charge in [-0.25, -0.2) is 0 Å². The Morgan fingerprint density at radius 1 is 1.44 bits per heavy atom. The first-order valence-corrected chi connectivity index (χ1v) is 6.34. The third-order valence-electron chi connectivity index (χ3n) is 3.74. The van der Waals surface area contributed by atoms with Crippen molar-refractivity contribution in [3.63, 3.8) is 0 Å². The molecule has 1 aliphatic heterocycles. The zero-order chi connectivity index (χ0) is 12.5. The molecule has 1 aromatic carbocycles. The molecule has 1 aromatic heterocycles. The maximum absolute atomic E-state index is 11.4. The fraction of sp³-hybridized carbons (Fsp3) is 0.357. The average Bonchev–Trinajstić information content (AvgIpc) is 2.97. The lowest BCUT2D eigenvalue weighted by Crippen LogP contribution is -2.39. The first-order chi connectivity index (χ1) is 8.75. The topological polar surface area (TPSA) is 62.1 Å². The second kappa shape index (κ2) is 4.46. The van der Waals surface area contributed by atoms with E-state index in [-0.39, 0.29) is 11.9 Å². The Balaban J connectivity index is 1.86. The monoisotopic (exact) mass is 243 g/mol. The molecule has 3 rings (SSSR count). The smallest absolute Gasteiger partial charge is 0.234 e. The van der Waals surface area contributed by atoms with Crippen LogP contribution in [0.25, 0.3) is 10.9 Å². The van der Waals surface area contributed by atoms with E-state index in [4.69, 9.17) is 5.73 Å². The van der Waals surface area contributed by atoms with E-state index in [0.717, 1.165) is 31.4 Å². The van der Waals surface area contributed by atoms with Gasteiger partial charge in [-0.1, -0.05) is 18.2 Å². The number of nitrogens with two attached hydrogens (primary N) is 1. The van der Waals surface area contributed by atoms with Gasteiger partial charge in [0.15, 0.2) is 0 Å². The summed E-state index contributed by atoms with van der Waals surface area (Å²) < 4.78 is 0. The minimum Gasteiger partial charge on any atom is -0.368 e. The molecule has 2 heterocycles. The molecule has 4 heteroatoms. The molecule has 0 spiro atoms. The van der Waals surface area contributed by atoms with Crippen molar-refractivity contribution in [2.45, 2.75) is 25.4 Å². The second-order valence-electron chi connectivity index (χ2n) is 4.89. The minimum atomic E-state index is -0.202. The summed E-state index contributed by atoms with van der Waals surface area (Å²) in [5, 5.41) is 1.23. The molecule has 1 aliphatic rings. The number of amides is 1. The van der Waals surface area contributed by atoms with Crippen molar-refractivity contribution in [2.24, 2.45) is 5.73 Å². The molecule has 1 saturated heterocycles. The molecule has 2 aromatic rings. The lowest BCUT2D eigenvalue weighted by atomic mass is 10.1. The number of nitrogens with one attached hydrogen (secondary N) is 1. The Kier molecular flexibility index (Phi) is 2.80. The Bertz CT molecular complexity index is 575. The van der Waals surface area contributed by atoms with Crippen LogP contribution in [0, 0.1) is 0 Å². The van der Waals surface area contributed by atoms with E-state index in [9.17, 15) is 4.79 Å². The zero-order valence-corrected chi connectivity index (χ0v) is 10.2. The summed E-state index contributed by atoms with van der Waals surface area (Å²) in [5.74, 6) is -0.202. The SMILES string of the molecule is NC(=O)C1CCCN1Cc1c[nH]c2ccccc12. The van der Waals surface area contributed by atoms with Crippen LogP contribution in [0.15, 0.2) is 30.5 Å². The summed E-state index contributed by atoms with van der Waals surface area (Å²) in [6.45, 7) is 1.74. The zero-order valence-electron chi connectivity index (χ0n) is 10.2. The number of rotatable bonds is 3. The van der Waals surface area contributed by atoms with E-state index in [1.807, 2.05) is 18.3 Å². The van der Waals surface area contributed by atoms with Gasteiger partial charge >= 0.3 is 0 Å². The van der Waals surface area contributed by atoms with Gasteiger partial charge in [0.1, 0.15) is 0 Å². The van der Waals surface area contributed by atoms with E-state index >= 15 is 0 Å². The highest BCUT2D eigenvalue weighted by atomic mass is 16.1. The second-order valence-corrected chi connectivity index (χ2v) is 4.89. The number of carbonyl (C=O) groups is 1. The van der Waals surface area contributed by atoms with E-state index < -0.39 is 0 Å². The predicted octanol–water partition coefficient (Wildman–Crippen LogP) is 1.62. The van der Waals surface area contributed by atoms with Crippen LogP contribution in [0.5, 0.6) is 0 Å². The van der Waals surface area contributed by atoms with Crippen molar-refractivity contribution < 1.29 is 4.79 Å². The van der Waals surface area contributed by atoms with Crippen LogP contribution in [0.4, 0.5) is 0 Å². The number of fused-ring (bicyclic) bond motifs is 1. The molecule has 4 nitrogen and oxygen atoms in total. The van der Waals surface area contributed by atoms with Gasteiger partial charge in [-0.05, 0) is 31.0 Å². The minimum absolute atomic E-state index is 0.0985. The van der Waals surface area contributed by atoms with E-state index in [1.165, 1.54) is 10.9 Å². The number of likely N-dealkylation sites (tertiary alicyclic amines) is 1. The number of aromatic nitrogens is 1. The van der Waals surface area contributed by atoms with Gasteiger partial charge < -0.3 is 10.7 Å². The standard InChI is InChI=1S/C14H17N3O/c15-14(18)13-6-3-7-17(13)9-10-8-16-12-5-2-1-4-11(10)12/h1-2,4-5,8,13,16H,3,6-7,9H2,(H2,15,18). The predicted molar refractivity (Wildman–Crippen MR) is 70.9 cm³/mol. The van der Waals surface area contributed by atoms with Crippen molar-refractivity contribution in [3.8, 4) is 0 Å². The fourth-order valence-electron chi connectivity index (χ4n) is 2.82. The fourth-order valence-corrected chi connectivity index (χ4v) is 2.82. The molecule has 0 radical (unpaired) electrons. The molecule has 0 saturated carbocycles. The van der Waals surface area contributed by atoms with Crippen LogP contribution in [0.1, 0.15) is 18.4 Å². The summed E-state index contributed by atoms with van der Waals surface area (Å²) in [6.07, 6.45) is 3.97. The molecule has 3 N–H and O–H groups in total. The first-order valence-electron chi connectivity index (χ1n) is 6.34. The van der Waals surface area contributed by atoms with Gasteiger partial charge in [-0.3, -0.25) is 9.69 Å². The molecule has 1 fully saturated rings. The van der Waals surface area contributed by atoms with E-state index in [1.54, 1.807) is 0 Å². The third-order valence-corrected chi connectivity index (χ3v) is 3.74. The highest BCUT2D eigenvalue weighted by molar-refractivity contribution is 5.83. The summed E-state index contributed by atoms with van der Waals surface area (Å²) >= 11 is 0. The number of carbonyl (C=O) groups excluding carboxylic acids is 1. The van der Waals surface area contributed by atoms with Gasteiger partial charge in [0, 0.05) is 23.6 Å². The lowest BCUT2D eigenvalue weighted by Gasteiger charge is -2.21. The number of para-hydroxylation sites is 1. The third kappa shape index (κ3) is 1.88. The quantitative estimate of drug-likeness (QED) is 0.860. The number of hydrogen-bond acceptors (Lipinski definition) is 2. The lowest BCUT2D eigenvalue weighted by molar-refractivity contribution is -0.122. The summed E-state index contributed by atoms with van der Waals surface area (Å²) in [6, 6.07) is 8.13. The summed E-state index contributed by atoms with van der Waals surface area (Å²) in [5.41, 5.74) is 7.82. The molecular formula is C14H17N3O. The molecule has 1 atom stereocenters. The molecule has 94 valence electrons. The number of aromatic amines is 1. The van der Waals surface area contributed by atoms with Crippen LogP contribution in [-0.4, -0.2) is 28.4 Å². The largest absolute Gasteiger partial charge is 0.368 e. The highest BCUT2D eigenvalue weighted by Crippen LogP contribution is 2.24. The number of hydrogen-bond donors (Lipinski definition) is 2. The van der Waals surface area contributed by atoms with Crippen LogP contribution in [-0.2, 0) is 11.3 Å². The van der Waals surface area contributed by atoms with Crippen LogP contribution < -0.4 is 5.73 Å². The van der Waals surface area contributed by atoms with Crippen molar-refractivity contribution in [1.82, 2.24) is 9.88 Å². The Morgan fingerprint density at radius 3 is 3.11 bits per heavy atom. The molecule has 0 aliphatic carbocycles. The molecule has 1 amide bonds. The summed E-state index contributed by atoms with van der Waals surface area (Å²) in [4.78, 5) is 16.8. The number of nitrogens with zero attached hydrogens (tertiary/aromatic N) is 1. The Labute approximate surface area is 106 Å². The number of benzene rings is 1. The molecular weight excluding hydrogens is 226 g/mol. The first kappa shape index (κ1) is 11.3. The van der Waals surface area contributed by atoms with Gasteiger partial charge in [0.25, 0.3) is 0 Å². The van der Waals surface area contributed by atoms with Crippen LogP contribution in [0.3, 0.4) is 0 Å². The maximum Gasteiger partial charge on any atom is 0.234 e. The van der Waals surface area contributed by atoms with Crippen LogP contribution >= 0.6 is 0 Å². The summed E-state index contributed by atoms with van der Waals surface area (Å²) in [7, 11) is 0. The average molecular weight is 243 g/mol. The molecule has 18 heavy (non-hydrogen) atoms. The normalized spacial score (nSPS) is 20.6. The Morgan fingerprint density at radius 2 is 2.28 bits per heavy atom. The van der Waals surface area contributed by atoms with E-state index in [0.29, 0.717) is 0 Å². The number of H-pyrrole nitrogens is 1. The van der Waals surface area contributed by atoms with Crippen molar-refractivity contribution >= 4 is 16.8 Å². The maximum atomic E-state index is 11.4. The van der Waals surface area contributed by atoms with Gasteiger partial charge in [0.2, 0.25) is 5.91 Å². The van der Waals surface area contributed by atoms with Crippen molar-refractivity contribution in [1.29, 1.82) is 0 Å². The molecule has 0 bridgehead atoms.